The maximum atomic E-state index is 5.76. The van der Waals surface area contributed by atoms with Gasteiger partial charge < -0.3 is 15.0 Å². The highest BCUT2D eigenvalue weighted by atomic mass is 16.5. The lowest BCUT2D eigenvalue weighted by molar-refractivity contribution is 0.145. The molecule has 0 bridgehead atoms. The van der Waals surface area contributed by atoms with Crippen molar-refractivity contribution in [2.45, 2.75) is 13.0 Å². The highest BCUT2D eigenvalue weighted by Crippen LogP contribution is 2.29. The molecule has 2 aliphatic rings. The Bertz CT molecular complexity index is 424. The van der Waals surface area contributed by atoms with Gasteiger partial charge in [-0.1, -0.05) is 12.1 Å². The van der Waals surface area contributed by atoms with Gasteiger partial charge >= 0.3 is 0 Å². The second-order valence-corrected chi connectivity index (χ2v) is 5.24. The fourth-order valence-corrected chi connectivity index (χ4v) is 3.09. The van der Waals surface area contributed by atoms with E-state index in [1.54, 1.807) is 0 Å². The molecule has 1 N–H and O–H groups in total. The first-order valence-corrected chi connectivity index (χ1v) is 7.30. The smallest absolute Gasteiger partial charge is 0.142 e. The molecule has 0 saturated carbocycles. The van der Waals surface area contributed by atoms with E-state index in [1.165, 1.54) is 12.2 Å². The molecule has 4 nitrogen and oxygen atoms in total. The highest BCUT2D eigenvalue weighted by Gasteiger charge is 2.29. The molecule has 4 heteroatoms. The molecule has 3 rings (SSSR count). The van der Waals surface area contributed by atoms with E-state index in [2.05, 4.69) is 33.3 Å². The van der Waals surface area contributed by atoms with Crippen molar-refractivity contribution in [2.75, 3.05) is 50.8 Å². The van der Waals surface area contributed by atoms with Crippen LogP contribution in [0.25, 0.3) is 0 Å². The Labute approximate surface area is 115 Å². The van der Waals surface area contributed by atoms with Crippen molar-refractivity contribution in [3.05, 3.63) is 24.3 Å². The van der Waals surface area contributed by atoms with Gasteiger partial charge in [-0.3, -0.25) is 4.90 Å². The largest absolute Gasteiger partial charge is 0.492 e. The summed E-state index contributed by atoms with van der Waals surface area (Å²) in [6.45, 7) is 9.54. The lowest BCUT2D eigenvalue weighted by atomic mass is 10.1. The molecule has 0 amide bonds. The Morgan fingerprint density at radius 3 is 3.05 bits per heavy atom. The van der Waals surface area contributed by atoms with Gasteiger partial charge in [0, 0.05) is 45.3 Å². The topological polar surface area (TPSA) is 27.7 Å². The molecule has 1 aromatic rings. The van der Waals surface area contributed by atoms with Gasteiger partial charge in [0.05, 0.1) is 12.3 Å². The number of fused-ring (bicyclic) bond motifs is 1. The predicted molar refractivity (Wildman–Crippen MR) is 78.1 cm³/mol. The van der Waals surface area contributed by atoms with Gasteiger partial charge in [-0.15, -0.1) is 0 Å². The number of hydrogen-bond acceptors (Lipinski definition) is 4. The molecule has 1 aromatic carbocycles. The predicted octanol–water partition coefficient (Wildman–Crippen LogP) is 1.18. The summed E-state index contributed by atoms with van der Waals surface area (Å²) in [5, 5.41) is 3.50. The molecule has 2 aliphatic heterocycles. The van der Waals surface area contributed by atoms with Crippen molar-refractivity contribution in [1.82, 2.24) is 10.2 Å². The van der Waals surface area contributed by atoms with Crippen molar-refractivity contribution in [3.8, 4) is 5.75 Å². The van der Waals surface area contributed by atoms with Crippen LogP contribution in [0.2, 0.25) is 0 Å². The zero-order chi connectivity index (χ0) is 13.1. The average Bonchev–Trinajstić information content (AvgIpc) is 2.48. The van der Waals surface area contributed by atoms with E-state index < -0.39 is 0 Å². The summed E-state index contributed by atoms with van der Waals surface area (Å²) in [5.41, 5.74) is 1.24. The summed E-state index contributed by atoms with van der Waals surface area (Å²) in [4.78, 5) is 5.08. The average molecular weight is 261 g/mol. The fourth-order valence-electron chi connectivity index (χ4n) is 3.09. The van der Waals surface area contributed by atoms with Gasteiger partial charge in [0.25, 0.3) is 0 Å². The summed E-state index contributed by atoms with van der Waals surface area (Å²) in [6, 6.07) is 9.04. The lowest BCUT2D eigenvalue weighted by Crippen LogP contribution is -2.61. The molecule has 0 aromatic heterocycles. The Morgan fingerprint density at radius 2 is 2.16 bits per heavy atom. The number of hydrogen-bond donors (Lipinski definition) is 1. The second-order valence-electron chi connectivity index (χ2n) is 5.24. The number of anilines is 1. The Morgan fingerprint density at radius 1 is 1.26 bits per heavy atom. The number of benzene rings is 1. The van der Waals surface area contributed by atoms with Crippen molar-refractivity contribution in [1.29, 1.82) is 0 Å². The molecule has 104 valence electrons. The van der Waals surface area contributed by atoms with Gasteiger partial charge in [0.2, 0.25) is 0 Å². The van der Waals surface area contributed by atoms with E-state index in [9.17, 15) is 0 Å². The molecule has 1 atom stereocenters. The molecule has 0 aliphatic carbocycles. The van der Waals surface area contributed by atoms with E-state index >= 15 is 0 Å². The molecule has 2 heterocycles. The number of nitrogens with one attached hydrogen (secondary N) is 1. The second kappa shape index (κ2) is 5.80. The van der Waals surface area contributed by atoms with Crippen LogP contribution >= 0.6 is 0 Å². The number of ether oxygens (including phenoxy) is 1. The van der Waals surface area contributed by atoms with E-state index in [4.69, 9.17) is 4.74 Å². The molecular weight excluding hydrogens is 238 g/mol. The summed E-state index contributed by atoms with van der Waals surface area (Å²) in [7, 11) is 0. The summed E-state index contributed by atoms with van der Waals surface area (Å²) in [5.74, 6) is 1.02. The first-order valence-electron chi connectivity index (χ1n) is 7.30. The summed E-state index contributed by atoms with van der Waals surface area (Å²) < 4.78 is 5.76. The van der Waals surface area contributed by atoms with E-state index in [0.717, 1.165) is 45.1 Å². The van der Waals surface area contributed by atoms with Gasteiger partial charge in [0.15, 0.2) is 0 Å². The van der Waals surface area contributed by atoms with Crippen LogP contribution in [0.1, 0.15) is 6.92 Å². The minimum atomic E-state index is 0.636. The third kappa shape index (κ3) is 2.69. The molecular formula is C15H23N3O. The third-order valence-corrected chi connectivity index (χ3v) is 4.07. The van der Waals surface area contributed by atoms with Crippen molar-refractivity contribution in [2.24, 2.45) is 0 Å². The van der Waals surface area contributed by atoms with Crippen LogP contribution in [0.5, 0.6) is 5.75 Å². The number of nitrogens with zero attached hydrogens (tertiary/aromatic N) is 2. The number of rotatable bonds is 3. The monoisotopic (exact) mass is 261 g/mol. The highest BCUT2D eigenvalue weighted by molar-refractivity contribution is 5.58. The molecule has 2 saturated heterocycles. The molecule has 2 fully saturated rings. The van der Waals surface area contributed by atoms with Crippen LogP contribution < -0.4 is 15.0 Å². The Kier molecular flexibility index (Phi) is 3.89. The minimum absolute atomic E-state index is 0.636. The standard InChI is InChI=1S/C15H23N3O/c1-2-19-15-6-4-3-5-14(15)18-10-9-17-8-7-16-11-13(17)12-18/h3-6,13,16H,2,7-12H2,1H3. The van der Waals surface area contributed by atoms with Crippen LogP contribution in [-0.2, 0) is 0 Å². The van der Waals surface area contributed by atoms with Crippen molar-refractivity contribution in [3.63, 3.8) is 0 Å². The van der Waals surface area contributed by atoms with Gasteiger partial charge in [-0.25, -0.2) is 0 Å². The van der Waals surface area contributed by atoms with Crippen LogP contribution in [-0.4, -0.2) is 56.8 Å². The first-order chi connectivity index (χ1) is 9.38. The van der Waals surface area contributed by atoms with Gasteiger partial charge in [-0.2, -0.15) is 0 Å². The zero-order valence-corrected chi connectivity index (χ0v) is 11.6. The molecule has 19 heavy (non-hydrogen) atoms. The molecule has 0 radical (unpaired) electrons. The molecule has 0 spiro atoms. The lowest BCUT2D eigenvalue weighted by Gasteiger charge is -2.45. The summed E-state index contributed by atoms with van der Waals surface area (Å²) >= 11 is 0. The third-order valence-electron chi connectivity index (χ3n) is 4.07. The first kappa shape index (κ1) is 12.8. The maximum absolute atomic E-state index is 5.76. The Hall–Kier alpha value is -1.26. The maximum Gasteiger partial charge on any atom is 0.142 e. The van der Waals surface area contributed by atoms with E-state index in [-0.39, 0.29) is 0 Å². The van der Waals surface area contributed by atoms with Gasteiger partial charge in [-0.05, 0) is 19.1 Å². The SMILES string of the molecule is CCOc1ccccc1N1CCN2CCNCC2C1. The fraction of sp³-hybridized carbons (Fsp3) is 0.600. The normalized spacial score (nSPS) is 24.1. The summed E-state index contributed by atoms with van der Waals surface area (Å²) in [6.07, 6.45) is 0. The van der Waals surface area contributed by atoms with Crippen molar-refractivity contribution >= 4 is 5.69 Å². The van der Waals surface area contributed by atoms with Crippen LogP contribution in [0.4, 0.5) is 5.69 Å². The minimum Gasteiger partial charge on any atom is -0.492 e. The van der Waals surface area contributed by atoms with E-state index in [1.807, 2.05) is 13.0 Å². The zero-order valence-electron chi connectivity index (χ0n) is 11.6. The van der Waals surface area contributed by atoms with Crippen LogP contribution in [0, 0.1) is 0 Å². The van der Waals surface area contributed by atoms with Gasteiger partial charge in [0.1, 0.15) is 5.75 Å². The van der Waals surface area contributed by atoms with E-state index in [0.29, 0.717) is 6.04 Å². The van der Waals surface area contributed by atoms with Crippen LogP contribution in [0.3, 0.4) is 0 Å². The molecule has 1 unspecified atom stereocenters. The number of para-hydroxylation sites is 2. The quantitative estimate of drug-likeness (QED) is 0.884. The Balaban J connectivity index is 1.75. The van der Waals surface area contributed by atoms with Crippen molar-refractivity contribution < 1.29 is 4.74 Å². The van der Waals surface area contributed by atoms with Crippen LogP contribution in [0.15, 0.2) is 24.3 Å². The number of piperazine rings is 2.